The van der Waals surface area contributed by atoms with Crippen LogP contribution in [0.5, 0.6) is 0 Å². The average Bonchev–Trinajstić information content (AvgIpc) is 2.99. The van der Waals surface area contributed by atoms with E-state index in [1.54, 1.807) is 0 Å². The second-order valence-electron chi connectivity index (χ2n) is 6.07. The minimum atomic E-state index is -3.80. The highest BCUT2D eigenvalue weighted by Gasteiger charge is 2.27. The quantitative estimate of drug-likeness (QED) is 0.535. The van der Waals surface area contributed by atoms with Crippen LogP contribution in [0.15, 0.2) is 72.8 Å². The molecule has 0 bridgehead atoms. The SMILES string of the molecule is C=CCN(C=C)S(=O)(=O)c1ccc(C(=O)Nc2ccc3c(c2)C(=O)NC3=O)cc1. The fourth-order valence-corrected chi connectivity index (χ4v) is 4.01. The summed E-state index contributed by atoms with van der Waals surface area (Å²) in [5.74, 6) is -1.50. The normalized spacial score (nSPS) is 12.7. The van der Waals surface area contributed by atoms with E-state index in [0.29, 0.717) is 5.69 Å². The van der Waals surface area contributed by atoms with Crippen LogP contribution >= 0.6 is 0 Å². The Balaban J connectivity index is 1.79. The zero-order valence-corrected chi connectivity index (χ0v) is 16.0. The Morgan fingerprint density at radius 1 is 1.03 bits per heavy atom. The highest BCUT2D eigenvalue weighted by Crippen LogP contribution is 2.21. The summed E-state index contributed by atoms with van der Waals surface area (Å²) in [4.78, 5) is 35.7. The van der Waals surface area contributed by atoms with E-state index in [4.69, 9.17) is 0 Å². The van der Waals surface area contributed by atoms with Crippen LogP contribution in [0.25, 0.3) is 0 Å². The lowest BCUT2D eigenvalue weighted by Gasteiger charge is -2.18. The van der Waals surface area contributed by atoms with Crippen molar-refractivity contribution < 1.29 is 22.8 Å². The summed E-state index contributed by atoms with van der Waals surface area (Å²) >= 11 is 0. The molecule has 0 unspecified atom stereocenters. The first-order valence-corrected chi connectivity index (χ1v) is 9.88. The summed E-state index contributed by atoms with van der Waals surface area (Å²) < 4.78 is 26.1. The molecule has 0 saturated heterocycles. The van der Waals surface area contributed by atoms with E-state index in [1.807, 2.05) is 0 Å². The predicted octanol–water partition coefficient (Wildman–Crippen LogP) is 2.14. The number of nitrogens with one attached hydrogen (secondary N) is 2. The first-order chi connectivity index (χ1) is 13.8. The van der Waals surface area contributed by atoms with E-state index in [-0.39, 0.29) is 28.1 Å². The smallest absolute Gasteiger partial charge is 0.264 e. The maximum Gasteiger partial charge on any atom is 0.264 e. The summed E-state index contributed by atoms with van der Waals surface area (Å²) in [6, 6.07) is 9.75. The number of hydrogen-bond donors (Lipinski definition) is 2. The molecule has 0 atom stereocenters. The maximum absolute atomic E-state index is 12.5. The molecule has 148 valence electrons. The molecular weight excluding hydrogens is 394 g/mol. The third kappa shape index (κ3) is 3.81. The molecule has 1 aliphatic rings. The fourth-order valence-electron chi connectivity index (χ4n) is 2.76. The molecule has 3 amide bonds. The summed E-state index contributed by atoms with van der Waals surface area (Å²) in [5.41, 5.74) is 0.979. The maximum atomic E-state index is 12.5. The van der Waals surface area contributed by atoms with Crippen molar-refractivity contribution in [3.05, 3.63) is 84.6 Å². The monoisotopic (exact) mass is 411 g/mol. The number of carbonyl (C=O) groups is 3. The Bertz CT molecular complexity index is 1140. The predicted molar refractivity (Wildman–Crippen MR) is 107 cm³/mol. The Kier molecular flexibility index (Phi) is 5.33. The van der Waals surface area contributed by atoms with Crippen molar-refractivity contribution in [1.29, 1.82) is 0 Å². The number of fused-ring (bicyclic) bond motifs is 1. The molecule has 2 aromatic carbocycles. The first-order valence-electron chi connectivity index (χ1n) is 8.44. The van der Waals surface area contributed by atoms with E-state index in [2.05, 4.69) is 23.8 Å². The van der Waals surface area contributed by atoms with Gasteiger partial charge in [-0.2, -0.15) is 0 Å². The third-order valence-corrected chi connectivity index (χ3v) is 6.01. The summed E-state index contributed by atoms with van der Waals surface area (Å²) in [6.45, 7) is 7.07. The fraction of sp³-hybridized carbons (Fsp3) is 0.0500. The second kappa shape index (κ2) is 7.72. The van der Waals surface area contributed by atoms with Gasteiger partial charge in [0.1, 0.15) is 0 Å². The Morgan fingerprint density at radius 3 is 2.31 bits per heavy atom. The highest BCUT2D eigenvalue weighted by atomic mass is 32.2. The van der Waals surface area contributed by atoms with Gasteiger partial charge < -0.3 is 5.32 Å². The lowest BCUT2D eigenvalue weighted by Crippen LogP contribution is -2.25. The molecule has 9 heteroatoms. The van der Waals surface area contributed by atoms with Crippen LogP contribution in [0.4, 0.5) is 5.69 Å². The van der Waals surface area contributed by atoms with Crippen LogP contribution < -0.4 is 10.6 Å². The number of amides is 3. The van der Waals surface area contributed by atoms with Gasteiger partial charge in [-0.1, -0.05) is 12.7 Å². The number of anilines is 1. The standard InChI is InChI=1S/C20H17N3O5S/c1-3-11-23(4-2)29(27,28)15-8-5-13(6-9-15)18(24)21-14-7-10-16-17(12-14)20(26)22-19(16)25/h3-10,12H,1-2,11H2,(H,21,24)(H,22,25,26). The van der Waals surface area contributed by atoms with Crippen molar-refractivity contribution in [2.24, 2.45) is 0 Å². The van der Waals surface area contributed by atoms with Crippen LogP contribution in [0, 0.1) is 0 Å². The number of sulfonamides is 1. The minimum absolute atomic E-state index is 0.00325. The average molecular weight is 411 g/mol. The van der Waals surface area contributed by atoms with E-state index >= 15 is 0 Å². The van der Waals surface area contributed by atoms with Crippen molar-refractivity contribution in [2.75, 3.05) is 11.9 Å². The van der Waals surface area contributed by atoms with Gasteiger partial charge in [-0.3, -0.25) is 24.0 Å². The minimum Gasteiger partial charge on any atom is -0.322 e. The number of rotatable bonds is 7. The van der Waals surface area contributed by atoms with Gasteiger partial charge in [-0.25, -0.2) is 8.42 Å². The third-order valence-electron chi connectivity index (χ3n) is 4.23. The Morgan fingerprint density at radius 2 is 1.69 bits per heavy atom. The molecule has 2 aromatic rings. The molecule has 1 heterocycles. The van der Waals surface area contributed by atoms with Crippen LogP contribution in [0.3, 0.4) is 0 Å². The van der Waals surface area contributed by atoms with E-state index in [9.17, 15) is 22.8 Å². The van der Waals surface area contributed by atoms with Gasteiger partial charge in [0.15, 0.2) is 0 Å². The molecule has 1 aliphatic heterocycles. The zero-order chi connectivity index (χ0) is 21.2. The molecule has 2 N–H and O–H groups in total. The van der Waals surface area contributed by atoms with Crippen molar-refractivity contribution in [2.45, 2.75) is 4.90 Å². The molecule has 0 saturated carbocycles. The summed E-state index contributed by atoms with van der Waals surface area (Å²) in [6.07, 6.45) is 2.62. The van der Waals surface area contributed by atoms with E-state index in [1.165, 1.54) is 54.7 Å². The molecule has 29 heavy (non-hydrogen) atoms. The van der Waals surface area contributed by atoms with Gasteiger partial charge in [0.25, 0.3) is 27.7 Å². The van der Waals surface area contributed by atoms with E-state index < -0.39 is 27.7 Å². The number of benzene rings is 2. The van der Waals surface area contributed by atoms with E-state index in [0.717, 1.165) is 4.31 Å². The highest BCUT2D eigenvalue weighted by molar-refractivity contribution is 7.89. The van der Waals surface area contributed by atoms with Crippen molar-refractivity contribution >= 4 is 33.4 Å². The van der Waals surface area contributed by atoms with Gasteiger partial charge >= 0.3 is 0 Å². The number of hydrogen-bond acceptors (Lipinski definition) is 5. The van der Waals surface area contributed by atoms with Crippen molar-refractivity contribution in [3.8, 4) is 0 Å². The van der Waals surface area contributed by atoms with Gasteiger partial charge in [0.05, 0.1) is 22.6 Å². The van der Waals surface area contributed by atoms with Gasteiger partial charge in [-0.05, 0) is 42.5 Å². The topological polar surface area (TPSA) is 113 Å². The Hall–Kier alpha value is -3.72. The van der Waals surface area contributed by atoms with Crippen molar-refractivity contribution in [3.63, 3.8) is 0 Å². The molecule has 3 rings (SSSR count). The van der Waals surface area contributed by atoms with Crippen LogP contribution in [0.1, 0.15) is 31.1 Å². The van der Waals surface area contributed by atoms with Crippen LogP contribution in [-0.4, -0.2) is 37.0 Å². The lowest BCUT2D eigenvalue weighted by molar-refractivity contribution is 0.0878. The van der Waals surface area contributed by atoms with Crippen LogP contribution in [-0.2, 0) is 10.0 Å². The van der Waals surface area contributed by atoms with Crippen LogP contribution in [0.2, 0.25) is 0 Å². The molecule has 0 aliphatic carbocycles. The molecular formula is C20H17N3O5S. The molecule has 0 radical (unpaired) electrons. The van der Waals surface area contributed by atoms with Gasteiger partial charge in [-0.15, -0.1) is 6.58 Å². The van der Waals surface area contributed by atoms with Gasteiger partial charge in [0, 0.05) is 17.5 Å². The second-order valence-corrected chi connectivity index (χ2v) is 7.96. The number of nitrogens with zero attached hydrogens (tertiary/aromatic N) is 1. The number of carbonyl (C=O) groups excluding carboxylic acids is 3. The molecule has 0 aromatic heterocycles. The van der Waals surface area contributed by atoms with Crippen molar-refractivity contribution in [1.82, 2.24) is 9.62 Å². The number of imide groups is 1. The summed E-state index contributed by atoms with van der Waals surface area (Å²) in [5, 5.41) is 4.79. The molecule has 8 nitrogen and oxygen atoms in total. The molecule has 0 spiro atoms. The first kappa shape index (κ1) is 20.0. The molecule has 0 fully saturated rings. The zero-order valence-electron chi connectivity index (χ0n) is 15.2. The summed E-state index contributed by atoms with van der Waals surface area (Å²) in [7, 11) is -3.80. The lowest BCUT2D eigenvalue weighted by atomic mass is 10.1. The Labute approximate surface area is 167 Å². The van der Waals surface area contributed by atoms with Gasteiger partial charge in [0.2, 0.25) is 0 Å². The largest absolute Gasteiger partial charge is 0.322 e.